The van der Waals surface area contributed by atoms with Crippen LogP contribution in [0.4, 0.5) is 0 Å². The van der Waals surface area contributed by atoms with E-state index in [2.05, 4.69) is 4.98 Å². The zero-order chi connectivity index (χ0) is 9.97. The Labute approximate surface area is 85.6 Å². The van der Waals surface area contributed by atoms with E-state index in [0.29, 0.717) is 6.42 Å². The molecule has 2 rings (SSSR count). The van der Waals surface area contributed by atoms with Crippen LogP contribution in [0.1, 0.15) is 5.01 Å². The van der Waals surface area contributed by atoms with Crippen molar-refractivity contribution in [2.45, 2.75) is 12.5 Å². The number of fused-ring (bicyclic) bond motifs is 1. The summed E-state index contributed by atoms with van der Waals surface area (Å²) in [6.07, 6.45) is 2.23. The standard InChI is InChI=1S/C10H9N2OS/c11-7(6-13)5-10-12-8-3-1-2-4-9(8)14-10/h1-4,7H,5,11H2/t7-/m1/s1. The van der Waals surface area contributed by atoms with Gasteiger partial charge in [-0.05, 0) is 12.1 Å². The van der Waals surface area contributed by atoms with E-state index in [1.807, 2.05) is 24.3 Å². The number of carbonyl (C=O) groups excluding carboxylic acids is 1. The Balaban J connectivity index is 2.31. The summed E-state index contributed by atoms with van der Waals surface area (Å²) < 4.78 is 1.13. The van der Waals surface area contributed by atoms with Gasteiger partial charge in [-0.25, -0.2) is 4.98 Å². The predicted octanol–water partition coefficient (Wildman–Crippen LogP) is 1.28. The summed E-state index contributed by atoms with van der Waals surface area (Å²) in [6.45, 7) is 0. The van der Waals surface area contributed by atoms with E-state index in [1.54, 1.807) is 17.6 Å². The number of hydrogen-bond donors (Lipinski definition) is 1. The third-order valence-corrected chi connectivity index (χ3v) is 2.94. The summed E-state index contributed by atoms with van der Waals surface area (Å²) >= 11 is 1.57. The lowest BCUT2D eigenvalue weighted by atomic mass is 10.2. The Hall–Kier alpha value is -1.26. The minimum Gasteiger partial charge on any atom is -0.321 e. The van der Waals surface area contributed by atoms with Crippen LogP contribution in [0.5, 0.6) is 0 Å². The van der Waals surface area contributed by atoms with Gasteiger partial charge in [0.15, 0.2) is 0 Å². The molecule has 0 aliphatic carbocycles. The lowest BCUT2D eigenvalue weighted by Crippen LogP contribution is -2.23. The Morgan fingerprint density at radius 1 is 1.50 bits per heavy atom. The molecule has 4 heteroatoms. The summed E-state index contributed by atoms with van der Waals surface area (Å²) in [4.78, 5) is 14.6. The molecular weight excluding hydrogens is 196 g/mol. The highest BCUT2D eigenvalue weighted by Gasteiger charge is 2.07. The average molecular weight is 205 g/mol. The van der Waals surface area contributed by atoms with Gasteiger partial charge in [0, 0.05) is 6.42 Å². The summed E-state index contributed by atoms with van der Waals surface area (Å²) in [7, 11) is 0. The fourth-order valence-corrected chi connectivity index (χ4v) is 2.26. The molecule has 0 saturated heterocycles. The van der Waals surface area contributed by atoms with Gasteiger partial charge < -0.3 is 5.73 Å². The van der Waals surface area contributed by atoms with Gasteiger partial charge in [0.1, 0.15) is 0 Å². The van der Waals surface area contributed by atoms with Crippen molar-refractivity contribution < 1.29 is 4.79 Å². The van der Waals surface area contributed by atoms with E-state index in [4.69, 9.17) is 5.73 Å². The fourth-order valence-electron chi connectivity index (χ4n) is 1.24. The van der Waals surface area contributed by atoms with Gasteiger partial charge in [0.05, 0.1) is 21.3 Å². The van der Waals surface area contributed by atoms with E-state index in [1.165, 1.54) is 0 Å². The SMILES string of the molecule is N[C@@H]([C]=O)Cc1nc2ccccc2s1. The highest BCUT2D eigenvalue weighted by atomic mass is 32.1. The zero-order valence-electron chi connectivity index (χ0n) is 7.43. The Morgan fingerprint density at radius 3 is 3.00 bits per heavy atom. The van der Waals surface area contributed by atoms with Gasteiger partial charge in [-0.1, -0.05) is 12.1 Å². The lowest BCUT2D eigenvalue weighted by molar-refractivity contribution is 0.540. The Bertz CT molecular complexity index is 419. The van der Waals surface area contributed by atoms with Gasteiger partial charge in [-0.3, -0.25) is 4.79 Å². The highest BCUT2D eigenvalue weighted by Crippen LogP contribution is 2.21. The van der Waals surface area contributed by atoms with Crippen LogP contribution < -0.4 is 5.73 Å². The highest BCUT2D eigenvalue weighted by molar-refractivity contribution is 7.18. The summed E-state index contributed by atoms with van der Waals surface area (Å²) in [5, 5.41) is 0.891. The lowest BCUT2D eigenvalue weighted by Gasteiger charge is -1.96. The molecule has 0 unspecified atom stereocenters. The number of aromatic nitrogens is 1. The van der Waals surface area contributed by atoms with Crippen molar-refractivity contribution >= 4 is 27.8 Å². The van der Waals surface area contributed by atoms with Gasteiger partial charge >= 0.3 is 0 Å². The molecule has 2 N–H and O–H groups in total. The summed E-state index contributed by atoms with van der Waals surface area (Å²) in [5.41, 5.74) is 6.43. The quantitative estimate of drug-likeness (QED) is 0.821. The summed E-state index contributed by atoms with van der Waals surface area (Å²) in [6, 6.07) is 7.31. The first-order valence-electron chi connectivity index (χ1n) is 4.27. The molecule has 0 saturated carbocycles. The summed E-state index contributed by atoms with van der Waals surface area (Å²) in [5.74, 6) is 0. The maximum atomic E-state index is 10.3. The molecule has 0 aliphatic rings. The van der Waals surface area contributed by atoms with Crippen molar-refractivity contribution in [1.29, 1.82) is 0 Å². The molecule has 1 heterocycles. The van der Waals surface area contributed by atoms with Crippen molar-refractivity contribution in [2.75, 3.05) is 0 Å². The molecule has 3 nitrogen and oxygen atoms in total. The zero-order valence-corrected chi connectivity index (χ0v) is 8.25. The van der Waals surface area contributed by atoms with Crippen LogP contribution in [-0.4, -0.2) is 17.3 Å². The molecule has 0 amide bonds. The largest absolute Gasteiger partial charge is 0.321 e. The molecule has 14 heavy (non-hydrogen) atoms. The number of nitrogens with two attached hydrogens (primary N) is 1. The minimum atomic E-state index is -0.560. The molecule has 1 radical (unpaired) electrons. The van der Waals surface area contributed by atoms with Crippen molar-refractivity contribution in [1.82, 2.24) is 4.98 Å². The smallest absolute Gasteiger partial charge is 0.217 e. The fraction of sp³-hybridized carbons (Fsp3) is 0.200. The van der Waals surface area contributed by atoms with Crippen molar-refractivity contribution in [2.24, 2.45) is 5.73 Å². The average Bonchev–Trinajstić information content (AvgIpc) is 2.59. The number of thiazole rings is 1. The Kier molecular flexibility index (Phi) is 2.56. The minimum absolute atomic E-state index is 0.475. The van der Waals surface area contributed by atoms with E-state index >= 15 is 0 Å². The molecule has 0 fully saturated rings. The topological polar surface area (TPSA) is 56.0 Å². The van der Waals surface area contributed by atoms with Crippen LogP contribution in [0.25, 0.3) is 10.2 Å². The number of benzene rings is 1. The first kappa shape index (κ1) is 9.30. The molecule has 1 aromatic heterocycles. The second kappa shape index (κ2) is 3.86. The molecule has 0 spiro atoms. The van der Waals surface area contributed by atoms with Gasteiger partial charge in [0.25, 0.3) is 0 Å². The molecule has 0 aliphatic heterocycles. The predicted molar refractivity (Wildman–Crippen MR) is 57.0 cm³/mol. The first-order valence-corrected chi connectivity index (χ1v) is 5.09. The van der Waals surface area contributed by atoms with Crippen LogP contribution >= 0.6 is 11.3 Å². The maximum Gasteiger partial charge on any atom is 0.217 e. The third-order valence-electron chi connectivity index (χ3n) is 1.88. The number of hydrogen-bond acceptors (Lipinski definition) is 4. The van der Waals surface area contributed by atoms with Crippen LogP contribution in [0.3, 0.4) is 0 Å². The Morgan fingerprint density at radius 2 is 2.29 bits per heavy atom. The maximum absolute atomic E-state index is 10.3. The van der Waals surface area contributed by atoms with E-state index in [-0.39, 0.29) is 0 Å². The molecule has 71 valence electrons. The number of rotatable bonds is 3. The van der Waals surface area contributed by atoms with E-state index in [0.717, 1.165) is 15.2 Å². The van der Waals surface area contributed by atoms with Gasteiger partial charge in [0.2, 0.25) is 6.29 Å². The molecular formula is C10H9N2OS. The molecule has 1 atom stereocenters. The first-order chi connectivity index (χ1) is 6.79. The second-order valence-electron chi connectivity index (χ2n) is 3.00. The van der Waals surface area contributed by atoms with Gasteiger partial charge in [-0.2, -0.15) is 0 Å². The molecule has 2 aromatic rings. The number of nitrogens with zero attached hydrogens (tertiary/aromatic N) is 1. The third kappa shape index (κ3) is 1.81. The molecule has 0 bridgehead atoms. The number of para-hydroxylation sites is 1. The monoisotopic (exact) mass is 205 g/mol. The normalized spacial score (nSPS) is 12.9. The van der Waals surface area contributed by atoms with Crippen LogP contribution in [0.15, 0.2) is 24.3 Å². The van der Waals surface area contributed by atoms with Crippen LogP contribution in [0.2, 0.25) is 0 Å². The van der Waals surface area contributed by atoms with Crippen molar-refractivity contribution in [3.8, 4) is 0 Å². The van der Waals surface area contributed by atoms with Crippen LogP contribution in [0, 0.1) is 0 Å². The second-order valence-corrected chi connectivity index (χ2v) is 4.12. The van der Waals surface area contributed by atoms with Crippen molar-refractivity contribution in [3.05, 3.63) is 29.3 Å². The molecule has 1 aromatic carbocycles. The van der Waals surface area contributed by atoms with Gasteiger partial charge in [-0.15, -0.1) is 11.3 Å². The van der Waals surface area contributed by atoms with E-state index in [9.17, 15) is 4.79 Å². The van der Waals surface area contributed by atoms with Crippen molar-refractivity contribution in [3.63, 3.8) is 0 Å². The van der Waals surface area contributed by atoms with E-state index < -0.39 is 6.04 Å². The van der Waals surface area contributed by atoms with Crippen LogP contribution in [-0.2, 0) is 11.2 Å².